The van der Waals surface area contributed by atoms with Crippen LogP contribution in [0.25, 0.3) is 0 Å². The Balaban J connectivity index is 1.97. The molecule has 0 fully saturated rings. The molecule has 1 N–H and O–H groups in total. The largest absolute Gasteiger partial charge is 0.380 e. The molecule has 0 bridgehead atoms. The average molecular weight is 212 g/mol. The van der Waals surface area contributed by atoms with Crippen molar-refractivity contribution in [1.82, 2.24) is 20.3 Å². The van der Waals surface area contributed by atoms with Gasteiger partial charge in [0.05, 0.1) is 12.8 Å². The summed E-state index contributed by atoms with van der Waals surface area (Å²) in [5.74, 6) is 0. The Kier molecular flexibility index (Phi) is 5.96. The molecule has 1 atom stereocenters. The van der Waals surface area contributed by atoms with Crippen LogP contribution in [0.5, 0.6) is 0 Å². The summed E-state index contributed by atoms with van der Waals surface area (Å²) in [6, 6.07) is 0.417. The SMILES string of the molecule is CCOCC(C)NCCCn1ccnn1. The predicted molar refractivity (Wildman–Crippen MR) is 58.6 cm³/mol. The summed E-state index contributed by atoms with van der Waals surface area (Å²) < 4.78 is 7.15. The van der Waals surface area contributed by atoms with Crippen LogP contribution in [0, 0.1) is 0 Å². The normalized spacial score (nSPS) is 12.9. The van der Waals surface area contributed by atoms with Crippen LogP contribution in [-0.4, -0.2) is 40.8 Å². The molecule has 0 radical (unpaired) electrons. The van der Waals surface area contributed by atoms with Gasteiger partial charge in [-0.1, -0.05) is 5.21 Å². The van der Waals surface area contributed by atoms with E-state index in [1.807, 2.05) is 17.8 Å². The summed E-state index contributed by atoms with van der Waals surface area (Å²) in [5.41, 5.74) is 0. The van der Waals surface area contributed by atoms with Crippen molar-refractivity contribution in [3.05, 3.63) is 12.4 Å². The first-order valence-electron chi connectivity index (χ1n) is 5.48. The molecule has 1 rings (SSSR count). The second kappa shape index (κ2) is 7.36. The number of ether oxygens (including phenoxy) is 1. The van der Waals surface area contributed by atoms with Crippen LogP contribution >= 0.6 is 0 Å². The third kappa shape index (κ3) is 5.49. The molecule has 0 aliphatic heterocycles. The van der Waals surface area contributed by atoms with Gasteiger partial charge in [-0.2, -0.15) is 0 Å². The number of nitrogens with one attached hydrogen (secondary N) is 1. The van der Waals surface area contributed by atoms with Crippen molar-refractivity contribution in [2.45, 2.75) is 32.9 Å². The Morgan fingerprint density at radius 2 is 2.40 bits per heavy atom. The van der Waals surface area contributed by atoms with Gasteiger partial charge in [0.15, 0.2) is 0 Å². The summed E-state index contributed by atoms with van der Waals surface area (Å²) in [5, 5.41) is 11.0. The lowest BCUT2D eigenvalue weighted by Gasteiger charge is -2.13. The third-order valence-corrected chi connectivity index (χ3v) is 2.10. The van der Waals surface area contributed by atoms with Crippen LogP contribution in [0.3, 0.4) is 0 Å². The number of nitrogens with zero attached hydrogens (tertiary/aromatic N) is 3. The first kappa shape index (κ1) is 12.1. The zero-order valence-electron chi connectivity index (χ0n) is 9.52. The predicted octanol–water partition coefficient (Wildman–Crippen LogP) is 0.683. The van der Waals surface area contributed by atoms with E-state index in [1.165, 1.54) is 0 Å². The fourth-order valence-corrected chi connectivity index (χ4v) is 1.30. The van der Waals surface area contributed by atoms with Crippen molar-refractivity contribution in [2.24, 2.45) is 0 Å². The van der Waals surface area contributed by atoms with Crippen LogP contribution in [0.1, 0.15) is 20.3 Å². The molecule has 86 valence electrons. The Morgan fingerprint density at radius 3 is 3.07 bits per heavy atom. The maximum absolute atomic E-state index is 5.31. The lowest BCUT2D eigenvalue weighted by atomic mass is 10.3. The lowest BCUT2D eigenvalue weighted by Crippen LogP contribution is -2.31. The van der Waals surface area contributed by atoms with Gasteiger partial charge >= 0.3 is 0 Å². The minimum Gasteiger partial charge on any atom is -0.380 e. The number of aryl methyl sites for hydroxylation is 1. The Hall–Kier alpha value is -0.940. The van der Waals surface area contributed by atoms with E-state index < -0.39 is 0 Å². The van der Waals surface area contributed by atoms with Crippen molar-refractivity contribution in [2.75, 3.05) is 19.8 Å². The highest BCUT2D eigenvalue weighted by Gasteiger charge is 1.99. The van der Waals surface area contributed by atoms with Gasteiger partial charge in [0.2, 0.25) is 0 Å². The fourth-order valence-electron chi connectivity index (χ4n) is 1.30. The molecule has 0 aliphatic carbocycles. The maximum atomic E-state index is 5.31. The summed E-state index contributed by atoms with van der Waals surface area (Å²) in [6.45, 7) is 7.59. The van der Waals surface area contributed by atoms with Crippen LogP contribution < -0.4 is 5.32 Å². The molecule has 5 nitrogen and oxygen atoms in total. The molecule has 0 spiro atoms. The van der Waals surface area contributed by atoms with Gasteiger partial charge in [-0.05, 0) is 26.8 Å². The van der Waals surface area contributed by atoms with Crippen molar-refractivity contribution in [1.29, 1.82) is 0 Å². The molecule has 0 aliphatic rings. The molecular weight excluding hydrogens is 192 g/mol. The molecule has 1 unspecified atom stereocenters. The molecular formula is C10H20N4O. The Bertz CT molecular complexity index is 238. The van der Waals surface area contributed by atoms with Gasteiger partial charge in [-0.15, -0.1) is 5.10 Å². The summed E-state index contributed by atoms with van der Waals surface area (Å²) >= 11 is 0. The first-order chi connectivity index (χ1) is 7.33. The standard InChI is InChI=1S/C10H20N4O/c1-3-15-9-10(2)11-5-4-7-14-8-6-12-13-14/h6,8,10-11H,3-5,7,9H2,1-2H3. The van der Waals surface area contributed by atoms with Gasteiger partial charge in [-0.3, -0.25) is 4.68 Å². The van der Waals surface area contributed by atoms with Crippen LogP contribution in [-0.2, 0) is 11.3 Å². The second-order valence-corrected chi connectivity index (χ2v) is 3.53. The number of hydrogen-bond donors (Lipinski definition) is 1. The molecule has 0 saturated heterocycles. The van der Waals surface area contributed by atoms with Gasteiger partial charge in [0, 0.05) is 25.4 Å². The molecule has 5 heteroatoms. The highest BCUT2D eigenvalue weighted by atomic mass is 16.5. The van der Waals surface area contributed by atoms with E-state index in [0.29, 0.717) is 6.04 Å². The van der Waals surface area contributed by atoms with Gasteiger partial charge in [-0.25, -0.2) is 0 Å². The zero-order chi connectivity index (χ0) is 10.9. The quantitative estimate of drug-likeness (QED) is 0.644. The van der Waals surface area contributed by atoms with Gasteiger partial charge < -0.3 is 10.1 Å². The van der Waals surface area contributed by atoms with Crippen LogP contribution in [0.2, 0.25) is 0 Å². The molecule has 0 amide bonds. The van der Waals surface area contributed by atoms with E-state index >= 15 is 0 Å². The Morgan fingerprint density at radius 1 is 1.53 bits per heavy atom. The first-order valence-corrected chi connectivity index (χ1v) is 5.48. The fraction of sp³-hybridized carbons (Fsp3) is 0.800. The van der Waals surface area contributed by atoms with Crippen molar-refractivity contribution < 1.29 is 4.74 Å². The van der Waals surface area contributed by atoms with E-state index in [-0.39, 0.29) is 0 Å². The molecule has 1 aromatic rings. The minimum atomic E-state index is 0.417. The van der Waals surface area contributed by atoms with E-state index in [2.05, 4.69) is 22.6 Å². The van der Waals surface area contributed by atoms with Crippen molar-refractivity contribution in [3.63, 3.8) is 0 Å². The smallest absolute Gasteiger partial charge is 0.0692 e. The molecule has 1 aromatic heterocycles. The van der Waals surface area contributed by atoms with Crippen molar-refractivity contribution in [3.8, 4) is 0 Å². The minimum absolute atomic E-state index is 0.417. The maximum Gasteiger partial charge on any atom is 0.0692 e. The number of hydrogen-bond acceptors (Lipinski definition) is 4. The van der Waals surface area contributed by atoms with Gasteiger partial charge in [0.25, 0.3) is 0 Å². The number of rotatable bonds is 8. The average Bonchev–Trinajstić information content (AvgIpc) is 2.74. The van der Waals surface area contributed by atoms with E-state index in [4.69, 9.17) is 4.74 Å². The topological polar surface area (TPSA) is 52.0 Å². The van der Waals surface area contributed by atoms with Gasteiger partial charge in [0.1, 0.15) is 0 Å². The highest BCUT2D eigenvalue weighted by molar-refractivity contribution is 4.64. The summed E-state index contributed by atoms with van der Waals surface area (Å²) in [4.78, 5) is 0. The van der Waals surface area contributed by atoms with E-state index in [9.17, 15) is 0 Å². The Labute approximate surface area is 90.8 Å². The van der Waals surface area contributed by atoms with Crippen LogP contribution in [0.15, 0.2) is 12.4 Å². The molecule has 0 aromatic carbocycles. The zero-order valence-corrected chi connectivity index (χ0v) is 9.52. The van der Waals surface area contributed by atoms with Crippen molar-refractivity contribution >= 4 is 0 Å². The molecule has 15 heavy (non-hydrogen) atoms. The number of aromatic nitrogens is 3. The summed E-state index contributed by atoms with van der Waals surface area (Å²) in [6.07, 6.45) is 4.63. The van der Waals surface area contributed by atoms with E-state index in [0.717, 1.165) is 32.7 Å². The summed E-state index contributed by atoms with van der Waals surface area (Å²) in [7, 11) is 0. The molecule has 0 saturated carbocycles. The molecule has 1 heterocycles. The van der Waals surface area contributed by atoms with E-state index in [1.54, 1.807) is 6.20 Å². The highest BCUT2D eigenvalue weighted by Crippen LogP contribution is 1.88. The lowest BCUT2D eigenvalue weighted by molar-refractivity contribution is 0.127. The van der Waals surface area contributed by atoms with Crippen LogP contribution in [0.4, 0.5) is 0 Å². The monoisotopic (exact) mass is 212 g/mol. The second-order valence-electron chi connectivity index (χ2n) is 3.53. The third-order valence-electron chi connectivity index (χ3n) is 2.10.